The van der Waals surface area contributed by atoms with Gasteiger partial charge in [0.2, 0.25) is 0 Å². The van der Waals surface area contributed by atoms with Gasteiger partial charge < -0.3 is 9.52 Å². The first-order valence-corrected chi connectivity index (χ1v) is 12.2. The molecule has 7 heteroatoms. The second-order valence-corrected chi connectivity index (χ2v) is 9.13. The number of carboxylic acids is 1. The number of para-hydroxylation sites is 1. The molecule has 0 unspecified atom stereocenters. The van der Waals surface area contributed by atoms with Crippen LogP contribution in [0.2, 0.25) is 0 Å². The zero-order chi connectivity index (χ0) is 24.9. The lowest BCUT2D eigenvalue weighted by molar-refractivity contribution is -0.122. The van der Waals surface area contributed by atoms with Crippen molar-refractivity contribution in [3.63, 3.8) is 0 Å². The number of amides is 1. The maximum atomic E-state index is 13.4. The molecule has 1 aliphatic rings. The molecule has 1 fully saturated rings. The van der Waals surface area contributed by atoms with E-state index in [1.807, 2.05) is 60.7 Å². The summed E-state index contributed by atoms with van der Waals surface area (Å²) in [6.07, 6.45) is 2.44. The van der Waals surface area contributed by atoms with E-state index in [4.69, 9.17) is 14.5 Å². The molecule has 1 aromatic heterocycles. The highest BCUT2D eigenvalue weighted by atomic mass is 32.2. The van der Waals surface area contributed by atoms with Gasteiger partial charge in [-0.3, -0.25) is 9.69 Å². The molecular weight excluding hydrogens is 472 g/mol. The fourth-order valence-electron chi connectivity index (χ4n) is 3.78. The van der Waals surface area contributed by atoms with Crippen molar-refractivity contribution in [1.82, 2.24) is 4.90 Å². The monoisotopic (exact) mass is 494 g/mol. The topological polar surface area (TPSA) is 83.1 Å². The summed E-state index contributed by atoms with van der Waals surface area (Å²) in [7, 11) is 0. The van der Waals surface area contributed by atoms with Gasteiger partial charge in [0.15, 0.2) is 5.17 Å². The van der Waals surface area contributed by atoms with E-state index < -0.39 is 5.97 Å². The van der Waals surface area contributed by atoms with Crippen LogP contribution in [0.4, 0.5) is 5.69 Å². The zero-order valence-corrected chi connectivity index (χ0v) is 20.0. The van der Waals surface area contributed by atoms with Gasteiger partial charge in [0.25, 0.3) is 5.91 Å². The van der Waals surface area contributed by atoms with Crippen molar-refractivity contribution in [2.45, 2.75) is 6.42 Å². The number of nitrogens with zero attached hydrogens (tertiary/aromatic N) is 2. The third-order valence-corrected chi connectivity index (χ3v) is 6.66. The predicted molar refractivity (Wildman–Crippen MR) is 142 cm³/mol. The van der Waals surface area contributed by atoms with Crippen molar-refractivity contribution < 1.29 is 19.1 Å². The highest BCUT2D eigenvalue weighted by Crippen LogP contribution is 2.35. The molecule has 1 saturated heterocycles. The summed E-state index contributed by atoms with van der Waals surface area (Å²) >= 11 is 1.32. The van der Waals surface area contributed by atoms with Crippen molar-refractivity contribution in [3.8, 4) is 11.3 Å². The first-order valence-electron chi connectivity index (χ1n) is 11.4. The Balaban J connectivity index is 1.40. The van der Waals surface area contributed by atoms with E-state index in [0.29, 0.717) is 34.6 Å². The first-order chi connectivity index (χ1) is 17.6. The normalized spacial score (nSPS) is 15.7. The maximum absolute atomic E-state index is 13.4. The Morgan fingerprint density at radius 2 is 1.61 bits per heavy atom. The van der Waals surface area contributed by atoms with Gasteiger partial charge in [0, 0.05) is 18.2 Å². The van der Waals surface area contributed by atoms with Crippen molar-refractivity contribution in [3.05, 3.63) is 119 Å². The molecule has 4 aromatic rings. The van der Waals surface area contributed by atoms with Gasteiger partial charge in [0.05, 0.1) is 16.2 Å². The lowest BCUT2D eigenvalue weighted by atomic mass is 10.1. The second-order valence-electron chi connectivity index (χ2n) is 8.12. The lowest BCUT2D eigenvalue weighted by Crippen LogP contribution is -2.31. The molecule has 6 nitrogen and oxygen atoms in total. The molecule has 1 aliphatic heterocycles. The number of furan rings is 1. The van der Waals surface area contributed by atoms with Crippen LogP contribution in [0.1, 0.15) is 21.7 Å². The Hall–Kier alpha value is -4.36. The number of amidine groups is 1. The molecule has 0 saturated carbocycles. The Kier molecular flexibility index (Phi) is 6.82. The van der Waals surface area contributed by atoms with E-state index in [0.717, 1.165) is 16.8 Å². The minimum atomic E-state index is -0.979. The van der Waals surface area contributed by atoms with Crippen LogP contribution in [0.5, 0.6) is 0 Å². The molecule has 1 amide bonds. The third kappa shape index (κ3) is 5.31. The van der Waals surface area contributed by atoms with Crippen LogP contribution in [0.3, 0.4) is 0 Å². The molecule has 2 heterocycles. The number of hydrogen-bond acceptors (Lipinski definition) is 5. The Morgan fingerprint density at radius 3 is 2.31 bits per heavy atom. The smallest absolute Gasteiger partial charge is 0.335 e. The van der Waals surface area contributed by atoms with Crippen molar-refractivity contribution >= 4 is 40.6 Å². The molecular formula is C29H22N2O4S. The molecule has 0 radical (unpaired) electrons. The van der Waals surface area contributed by atoms with E-state index in [9.17, 15) is 9.59 Å². The standard InChI is InChI=1S/C29H22N2O4S/c32-27-26(19-24-15-16-25(35-24)21-11-13-22(14-12-21)28(33)34)36-29(30-23-9-5-2-6-10-23)31(27)18-17-20-7-3-1-4-8-20/h1-16,19H,17-18H2,(H,33,34)/b26-19-,30-29?. The van der Waals surface area contributed by atoms with Gasteiger partial charge in [-0.05, 0) is 60.1 Å². The minimum absolute atomic E-state index is 0.116. The molecule has 1 N–H and O–H groups in total. The average Bonchev–Trinajstić information content (AvgIpc) is 3.49. The van der Waals surface area contributed by atoms with Crippen LogP contribution in [-0.2, 0) is 11.2 Å². The lowest BCUT2D eigenvalue weighted by Gasteiger charge is -2.15. The molecule has 5 rings (SSSR count). The molecule has 0 spiro atoms. The summed E-state index contributed by atoms with van der Waals surface area (Å²) in [4.78, 5) is 31.4. The Labute approximate surface area is 212 Å². The highest BCUT2D eigenvalue weighted by Gasteiger charge is 2.33. The molecule has 0 atom stereocenters. The fourth-order valence-corrected chi connectivity index (χ4v) is 4.78. The zero-order valence-electron chi connectivity index (χ0n) is 19.2. The van der Waals surface area contributed by atoms with Crippen LogP contribution in [0.15, 0.2) is 111 Å². The Bertz CT molecular complexity index is 1440. The number of carbonyl (C=O) groups is 2. The van der Waals surface area contributed by atoms with Crippen LogP contribution in [0.25, 0.3) is 17.4 Å². The van der Waals surface area contributed by atoms with Gasteiger partial charge in [-0.2, -0.15) is 0 Å². The van der Waals surface area contributed by atoms with Crippen molar-refractivity contribution in [2.75, 3.05) is 6.54 Å². The first kappa shape index (κ1) is 23.4. The van der Waals surface area contributed by atoms with Crippen LogP contribution in [0, 0.1) is 0 Å². The predicted octanol–water partition coefficient (Wildman–Crippen LogP) is 6.49. The van der Waals surface area contributed by atoms with E-state index in [2.05, 4.69) is 0 Å². The highest BCUT2D eigenvalue weighted by molar-refractivity contribution is 8.18. The van der Waals surface area contributed by atoms with Crippen LogP contribution >= 0.6 is 11.8 Å². The molecule has 0 aliphatic carbocycles. The van der Waals surface area contributed by atoms with E-state index in [1.165, 1.54) is 23.9 Å². The number of carboxylic acid groups (broad SMARTS) is 1. The van der Waals surface area contributed by atoms with E-state index in [1.54, 1.807) is 35.2 Å². The number of benzene rings is 3. The molecule has 0 bridgehead atoms. The summed E-state index contributed by atoms with van der Waals surface area (Å²) in [5, 5.41) is 9.72. The van der Waals surface area contributed by atoms with E-state index in [-0.39, 0.29) is 11.5 Å². The summed E-state index contributed by atoms with van der Waals surface area (Å²) in [5.74, 6) is 0.0304. The van der Waals surface area contributed by atoms with Gasteiger partial charge >= 0.3 is 5.97 Å². The summed E-state index contributed by atoms with van der Waals surface area (Å²) in [5.41, 5.74) is 2.90. The van der Waals surface area contributed by atoms with Gasteiger partial charge in [-0.1, -0.05) is 60.7 Å². The minimum Gasteiger partial charge on any atom is -0.478 e. The molecule has 36 heavy (non-hydrogen) atoms. The van der Waals surface area contributed by atoms with Gasteiger partial charge in [-0.15, -0.1) is 0 Å². The van der Waals surface area contributed by atoms with Crippen LogP contribution < -0.4 is 0 Å². The van der Waals surface area contributed by atoms with Crippen molar-refractivity contribution in [2.24, 2.45) is 4.99 Å². The number of hydrogen-bond donors (Lipinski definition) is 1. The van der Waals surface area contributed by atoms with E-state index >= 15 is 0 Å². The summed E-state index contributed by atoms with van der Waals surface area (Å²) in [6, 6.07) is 29.7. The molecule has 178 valence electrons. The largest absolute Gasteiger partial charge is 0.478 e. The summed E-state index contributed by atoms with van der Waals surface area (Å²) < 4.78 is 5.95. The Morgan fingerprint density at radius 1 is 0.917 bits per heavy atom. The second kappa shape index (κ2) is 10.5. The van der Waals surface area contributed by atoms with Gasteiger partial charge in [-0.25, -0.2) is 9.79 Å². The number of thioether (sulfide) groups is 1. The van der Waals surface area contributed by atoms with Crippen LogP contribution in [-0.4, -0.2) is 33.6 Å². The number of aliphatic imine (C=N–C) groups is 1. The maximum Gasteiger partial charge on any atom is 0.335 e. The number of aromatic carboxylic acids is 1. The number of rotatable bonds is 7. The van der Waals surface area contributed by atoms with Crippen molar-refractivity contribution in [1.29, 1.82) is 0 Å². The SMILES string of the molecule is O=C(O)c1ccc(-c2ccc(/C=C3\SC(=Nc4ccccc4)N(CCc4ccccc4)C3=O)o2)cc1. The number of carbonyl (C=O) groups excluding carboxylic acids is 1. The van der Waals surface area contributed by atoms with Gasteiger partial charge in [0.1, 0.15) is 11.5 Å². The quantitative estimate of drug-likeness (QED) is 0.297. The average molecular weight is 495 g/mol. The summed E-state index contributed by atoms with van der Waals surface area (Å²) in [6.45, 7) is 0.512. The third-order valence-electron chi connectivity index (χ3n) is 5.65. The fraction of sp³-hybridized carbons (Fsp3) is 0.0690. The molecule has 3 aromatic carbocycles.